The van der Waals surface area contributed by atoms with Crippen molar-refractivity contribution in [1.29, 1.82) is 0 Å². The van der Waals surface area contributed by atoms with Crippen LogP contribution in [0.3, 0.4) is 0 Å². The zero-order valence-electron chi connectivity index (χ0n) is 14.6. The number of aromatic amines is 1. The third-order valence-electron chi connectivity index (χ3n) is 4.39. The number of aromatic nitrogens is 3. The minimum Gasteiger partial charge on any atom is -0.328 e. The summed E-state index contributed by atoms with van der Waals surface area (Å²) in [6.45, 7) is 1.83. The molecule has 0 aliphatic carbocycles. The lowest BCUT2D eigenvalue weighted by Crippen LogP contribution is -2.17. The first kappa shape index (κ1) is 16.7. The van der Waals surface area contributed by atoms with Crippen LogP contribution in [0, 0.1) is 6.92 Å². The maximum atomic E-state index is 12.9. The van der Waals surface area contributed by atoms with Gasteiger partial charge in [0.1, 0.15) is 0 Å². The molecule has 132 valence electrons. The van der Waals surface area contributed by atoms with Gasteiger partial charge in [-0.25, -0.2) is 0 Å². The van der Waals surface area contributed by atoms with Crippen molar-refractivity contribution < 1.29 is 4.79 Å². The van der Waals surface area contributed by atoms with Crippen LogP contribution in [0.15, 0.2) is 72.0 Å². The molecule has 0 spiro atoms. The van der Waals surface area contributed by atoms with E-state index in [-0.39, 0.29) is 11.5 Å². The number of carbonyl (C=O) groups is 1. The number of hydrogen-bond donors (Lipinski definition) is 2. The Morgan fingerprint density at radius 3 is 2.67 bits per heavy atom. The molecule has 0 atom stereocenters. The molecule has 27 heavy (non-hydrogen) atoms. The van der Waals surface area contributed by atoms with Crippen LogP contribution in [0.5, 0.6) is 0 Å². The van der Waals surface area contributed by atoms with E-state index in [1.807, 2.05) is 43.3 Å². The molecule has 0 unspecified atom stereocenters. The van der Waals surface area contributed by atoms with Crippen molar-refractivity contribution >= 4 is 22.4 Å². The van der Waals surface area contributed by atoms with Crippen LogP contribution in [-0.2, 0) is 0 Å². The van der Waals surface area contributed by atoms with Crippen LogP contribution in [0.25, 0.3) is 21.9 Å². The molecule has 2 N–H and O–H groups in total. The van der Waals surface area contributed by atoms with Crippen LogP contribution in [0.1, 0.15) is 16.1 Å². The van der Waals surface area contributed by atoms with E-state index in [0.29, 0.717) is 27.7 Å². The summed E-state index contributed by atoms with van der Waals surface area (Å²) < 4.78 is 0. The fourth-order valence-electron chi connectivity index (χ4n) is 2.93. The normalized spacial score (nSPS) is 10.7. The molecule has 0 bridgehead atoms. The molecule has 1 aromatic carbocycles. The highest BCUT2D eigenvalue weighted by Gasteiger charge is 2.14. The third kappa shape index (κ3) is 3.20. The molecule has 0 aliphatic heterocycles. The lowest BCUT2D eigenvalue weighted by molar-refractivity contribution is 0.102. The van der Waals surface area contributed by atoms with Crippen molar-refractivity contribution in [3.63, 3.8) is 0 Å². The van der Waals surface area contributed by atoms with Crippen LogP contribution < -0.4 is 10.9 Å². The zero-order chi connectivity index (χ0) is 18.8. The van der Waals surface area contributed by atoms with Crippen molar-refractivity contribution in [2.75, 3.05) is 5.32 Å². The van der Waals surface area contributed by atoms with E-state index >= 15 is 0 Å². The van der Waals surface area contributed by atoms with Crippen molar-refractivity contribution in [1.82, 2.24) is 15.0 Å². The molecule has 3 heterocycles. The van der Waals surface area contributed by atoms with Crippen molar-refractivity contribution in [2.45, 2.75) is 6.92 Å². The number of anilines is 1. The molecule has 1 amide bonds. The summed E-state index contributed by atoms with van der Waals surface area (Å²) in [4.78, 5) is 35.8. The summed E-state index contributed by atoms with van der Waals surface area (Å²) in [6.07, 6.45) is 6.23. The second-order valence-electron chi connectivity index (χ2n) is 6.13. The second-order valence-corrected chi connectivity index (χ2v) is 6.13. The van der Waals surface area contributed by atoms with E-state index in [2.05, 4.69) is 20.3 Å². The Kier molecular flexibility index (Phi) is 4.22. The molecule has 0 aliphatic rings. The number of rotatable bonds is 3. The summed E-state index contributed by atoms with van der Waals surface area (Å²) in [6, 6.07) is 13.3. The highest BCUT2D eigenvalue weighted by atomic mass is 16.1. The lowest BCUT2D eigenvalue weighted by atomic mass is 10.1. The monoisotopic (exact) mass is 356 g/mol. The molecule has 4 aromatic rings. The fourth-order valence-corrected chi connectivity index (χ4v) is 2.93. The minimum atomic E-state index is -0.334. The number of hydrogen-bond acceptors (Lipinski definition) is 4. The first-order valence-electron chi connectivity index (χ1n) is 8.42. The van der Waals surface area contributed by atoms with Gasteiger partial charge in [0.2, 0.25) is 0 Å². The number of H-pyrrole nitrogens is 1. The smallest absolute Gasteiger partial charge is 0.257 e. The summed E-state index contributed by atoms with van der Waals surface area (Å²) in [5.41, 5.74) is 3.33. The average Bonchev–Trinajstić information content (AvgIpc) is 2.71. The number of aryl methyl sites for hydroxylation is 1. The predicted molar refractivity (Wildman–Crippen MR) is 105 cm³/mol. The van der Waals surface area contributed by atoms with E-state index in [0.717, 1.165) is 11.1 Å². The number of pyridine rings is 3. The van der Waals surface area contributed by atoms with Crippen molar-refractivity contribution in [3.8, 4) is 11.1 Å². The maximum absolute atomic E-state index is 12.9. The number of nitrogens with one attached hydrogen (secondary N) is 2. The molecule has 4 rings (SSSR count). The number of nitrogens with zero attached hydrogens (tertiary/aromatic N) is 2. The van der Waals surface area contributed by atoms with Gasteiger partial charge in [-0.2, -0.15) is 0 Å². The first-order valence-corrected chi connectivity index (χ1v) is 8.42. The van der Waals surface area contributed by atoms with Gasteiger partial charge in [0.05, 0.1) is 22.3 Å². The molecule has 0 saturated heterocycles. The lowest BCUT2D eigenvalue weighted by Gasteiger charge is -2.11. The second kappa shape index (κ2) is 6.84. The molecule has 6 nitrogen and oxygen atoms in total. The van der Waals surface area contributed by atoms with Gasteiger partial charge in [-0.1, -0.05) is 30.3 Å². The van der Waals surface area contributed by atoms with Gasteiger partial charge < -0.3 is 10.3 Å². The van der Waals surface area contributed by atoms with Crippen LogP contribution >= 0.6 is 0 Å². The van der Waals surface area contributed by atoms with E-state index < -0.39 is 0 Å². The summed E-state index contributed by atoms with van der Waals surface area (Å²) in [7, 11) is 0. The zero-order valence-corrected chi connectivity index (χ0v) is 14.6. The highest BCUT2D eigenvalue weighted by molar-refractivity contribution is 6.12. The minimum absolute atomic E-state index is 0.257. The van der Waals surface area contributed by atoms with Gasteiger partial charge in [0.25, 0.3) is 11.5 Å². The Labute approximate surface area is 154 Å². The summed E-state index contributed by atoms with van der Waals surface area (Å²) in [5, 5.41) is 3.82. The fraction of sp³-hybridized carbons (Fsp3) is 0.0476. The summed E-state index contributed by atoms with van der Waals surface area (Å²) in [5.74, 6) is -0.334. The molecule has 6 heteroatoms. The molecule has 3 aromatic heterocycles. The Balaban J connectivity index is 1.72. The number of carbonyl (C=O) groups excluding carboxylic acids is 1. The van der Waals surface area contributed by atoms with Gasteiger partial charge in [-0.05, 0) is 24.6 Å². The Bertz CT molecular complexity index is 1200. The summed E-state index contributed by atoms with van der Waals surface area (Å²) >= 11 is 0. The van der Waals surface area contributed by atoms with Crippen molar-refractivity contribution in [3.05, 3.63) is 88.9 Å². The van der Waals surface area contributed by atoms with E-state index in [4.69, 9.17) is 0 Å². The van der Waals surface area contributed by atoms with Crippen molar-refractivity contribution in [2.24, 2.45) is 0 Å². The largest absolute Gasteiger partial charge is 0.328 e. The van der Waals surface area contributed by atoms with Crippen LogP contribution in [-0.4, -0.2) is 20.9 Å². The third-order valence-corrected chi connectivity index (χ3v) is 4.39. The first-order chi connectivity index (χ1) is 13.1. The highest BCUT2D eigenvalue weighted by Crippen LogP contribution is 2.24. The van der Waals surface area contributed by atoms with Crippen LogP contribution in [0.4, 0.5) is 5.69 Å². The molecular formula is C21H16N4O2. The SMILES string of the molecule is Cc1ncc(-c2ccccc2)cc1NC(=O)c1c[nH]c(=O)c2ccncc12. The maximum Gasteiger partial charge on any atom is 0.257 e. The van der Waals surface area contributed by atoms with Gasteiger partial charge in [0, 0.05) is 35.7 Å². The molecule has 0 radical (unpaired) electrons. The Morgan fingerprint density at radius 1 is 1.04 bits per heavy atom. The molecule has 0 saturated carbocycles. The quantitative estimate of drug-likeness (QED) is 0.588. The Morgan fingerprint density at radius 2 is 1.85 bits per heavy atom. The van der Waals surface area contributed by atoms with Gasteiger partial charge in [-0.3, -0.25) is 19.6 Å². The molecule has 0 fully saturated rings. The number of fused-ring (bicyclic) bond motifs is 1. The standard InChI is InChI=1S/C21H16N4O2/c1-13-19(9-15(10-23-13)14-5-3-2-4-6-14)25-21(27)18-12-24-20(26)16-7-8-22-11-17(16)18/h2-12H,1H3,(H,24,26)(H,25,27). The van der Waals surface area contributed by atoms with E-state index in [1.54, 1.807) is 12.3 Å². The van der Waals surface area contributed by atoms with Gasteiger partial charge >= 0.3 is 0 Å². The van der Waals surface area contributed by atoms with E-state index in [1.165, 1.54) is 18.6 Å². The molecular weight excluding hydrogens is 340 g/mol. The van der Waals surface area contributed by atoms with Crippen LogP contribution in [0.2, 0.25) is 0 Å². The average molecular weight is 356 g/mol. The number of amides is 1. The van der Waals surface area contributed by atoms with Gasteiger partial charge in [-0.15, -0.1) is 0 Å². The predicted octanol–water partition coefficient (Wildman–Crippen LogP) is 3.55. The van der Waals surface area contributed by atoms with E-state index in [9.17, 15) is 9.59 Å². The van der Waals surface area contributed by atoms with Gasteiger partial charge in [0.15, 0.2) is 0 Å². The topological polar surface area (TPSA) is 87.7 Å². The number of benzene rings is 1. The Hall–Kier alpha value is -3.80.